The molecule has 0 spiro atoms. The minimum absolute atomic E-state index is 0.0114. The zero-order valence-corrected chi connectivity index (χ0v) is 10.8. The van der Waals surface area contributed by atoms with Crippen LogP contribution in [-0.4, -0.2) is 24.6 Å². The molecule has 0 fully saturated rings. The summed E-state index contributed by atoms with van der Waals surface area (Å²) in [7, 11) is 1.87. The van der Waals surface area contributed by atoms with Crippen LogP contribution in [0.25, 0.3) is 0 Å². The molecular formula is C11H14N4OS. The van der Waals surface area contributed by atoms with Crippen molar-refractivity contribution >= 4 is 11.8 Å². The molecule has 0 amide bonds. The smallest absolute Gasteiger partial charge is 0.174 e. The van der Waals surface area contributed by atoms with Crippen molar-refractivity contribution in [2.75, 3.05) is 0 Å². The van der Waals surface area contributed by atoms with Crippen molar-refractivity contribution in [2.45, 2.75) is 30.6 Å². The Labute approximate surface area is 104 Å². The maximum atomic E-state index is 9.10. The van der Waals surface area contributed by atoms with Gasteiger partial charge in [-0.15, -0.1) is 0 Å². The third-order valence-electron chi connectivity index (χ3n) is 2.42. The molecule has 0 aliphatic heterocycles. The number of hydrogen-bond acceptors (Lipinski definition) is 5. The fourth-order valence-electron chi connectivity index (χ4n) is 1.37. The SMILES string of the molecule is Cc1cnc(C)c(Sc2ncc(CO)n2C)n1. The van der Waals surface area contributed by atoms with Gasteiger partial charge in [0.05, 0.1) is 29.9 Å². The monoisotopic (exact) mass is 250 g/mol. The van der Waals surface area contributed by atoms with Gasteiger partial charge in [0.15, 0.2) is 5.16 Å². The molecule has 0 radical (unpaired) electrons. The van der Waals surface area contributed by atoms with Crippen LogP contribution in [0.2, 0.25) is 0 Å². The minimum Gasteiger partial charge on any atom is -0.390 e. The van der Waals surface area contributed by atoms with Crippen molar-refractivity contribution in [3.05, 3.63) is 29.5 Å². The standard InChI is InChI=1S/C11H14N4OS/c1-7-4-12-8(2)10(14-7)17-11-13-5-9(6-16)15(11)3/h4-5,16H,6H2,1-3H3. The van der Waals surface area contributed by atoms with Crippen molar-refractivity contribution in [1.82, 2.24) is 19.5 Å². The van der Waals surface area contributed by atoms with E-state index in [1.165, 1.54) is 11.8 Å². The quantitative estimate of drug-likeness (QED) is 0.893. The van der Waals surface area contributed by atoms with Crippen LogP contribution in [0.3, 0.4) is 0 Å². The van der Waals surface area contributed by atoms with Crippen LogP contribution in [0.15, 0.2) is 22.6 Å². The van der Waals surface area contributed by atoms with Crippen LogP contribution in [-0.2, 0) is 13.7 Å². The van der Waals surface area contributed by atoms with Gasteiger partial charge < -0.3 is 9.67 Å². The van der Waals surface area contributed by atoms with E-state index in [0.717, 1.165) is 27.3 Å². The fourth-order valence-corrected chi connectivity index (χ4v) is 2.29. The van der Waals surface area contributed by atoms with E-state index in [9.17, 15) is 0 Å². The molecule has 2 aromatic heterocycles. The molecule has 5 nitrogen and oxygen atoms in total. The Balaban J connectivity index is 2.31. The van der Waals surface area contributed by atoms with Crippen molar-refractivity contribution in [1.29, 1.82) is 0 Å². The van der Waals surface area contributed by atoms with E-state index in [1.807, 2.05) is 25.5 Å². The van der Waals surface area contributed by atoms with Crippen molar-refractivity contribution in [2.24, 2.45) is 7.05 Å². The van der Waals surface area contributed by atoms with Crippen LogP contribution in [0.1, 0.15) is 17.1 Å². The fraction of sp³-hybridized carbons (Fsp3) is 0.364. The first-order valence-electron chi connectivity index (χ1n) is 5.21. The summed E-state index contributed by atoms with van der Waals surface area (Å²) in [5, 5.41) is 10.8. The lowest BCUT2D eigenvalue weighted by Gasteiger charge is -2.05. The number of rotatable bonds is 3. The number of aryl methyl sites for hydroxylation is 2. The summed E-state index contributed by atoms with van der Waals surface area (Å²) in [6.07, 6.45) is 3.41. The van der Waals surface area contributed by atoms with Gasteiger partial charge in [-0.1, -0.05) is 0 Å². The lowest BCUT2D eigenvalue weighted by atomic mass is 10.4. The first-order valence-corrected chi connectivity index (χ1v) is 6.03. The molecule has 1 N–H and O–H groups in total. The number of aliphatic hydroxyl groups excluding tert-OH is 1. The number of aliphatic hydroxyl groups is 1. The maximum absolute atomic E-state index is 9.10. The Morgan fingerprint density at radius 2 is 2.06 bits per heavy atom. The van der Waals surface area contributed by atoms with E-state index in [-0.39, 0.29) is 6.61 Å². The van der Waals surface area contributed by atoms with Gasteiger partial charge in [-0.2, -0.15) is 0 Å². The van der Waals surface area contributed by atoms with Crippen LogP contribution < -0.4 is 0 Å². The highest BCUT2D eigenvalue weighted by molar-refractivity contribution is 7.99. The van der Waals surface area contributed by atoms with Crippen LogP contribution in [0, 0.1) is 13.8 Å². The average molecular weight is 250 g/mol. The van der Waals surface area contributed by atoms with Crippen molar-refractivity contribution in [3.63, 3.8) is 0 Å². The molecular weight excluding hydrogens is 236 g/mol. The van der Waals surface area contributed by atoms with Crippen LogP contribution in [0.5, 0.6) is 0 Å². The van der Waals surface area contributed by atoms with E-state index in [2.05, 4.69) is 15.0 Å². The van der Waals surface area contributed by atoms with E-state index in [1.54, 1.807) is 12.4 Å². The zero-order chi connectivity index (χ0) is 12.4. The Hall–Kier alpha value is -1.40. The van der Waals surface area contributed by atoms with E-state index in [4.69, 9.17) is 5.11 Å². The predicted octanol–water partition coefficient (Wildman–Crippen LogP) is 1.47. The average Bonchev–Trinajstić information content (AvgIpc) is 2.65. The second-order valence-corrected chi connectivity index (χ2v) is 4.71. The van der Waals surface area contributed by atoms with Gasteiger partial charge in [0.25, 0.3) is 0 Å². The predicted molar refractivity (Wildman–Crippen MR) is 64.8 cm³/mol. The maximum Gasteiger partial charge on any atom is 0.174 e. The third-order valence-corrected chi connectivity index (χ3v) is 3.57. The first kappa shape index (κ1) is 12.1. The normalized spacial score (nSPS) is 10.8. The van der Waals surface area contributed by atoms with Gasteiger partial charge in [0, 0.05) is 13.2 Å². The molecule has 90 valence electrons. The third kappa shape index (κ3) is 2.48. The highest BCUT2D eigenvalue weighted by Crippen LogP contribution is 2.26. The number of hydrogen-bond donors (Lipinski definition) is 1. The topological polar surface area (TPSA) is 63.8 Å². The van der Waals surface area contributed by atoms with Gasteiger partial charge in [0.2, 0.25) is 0 Å². The summed E-state index contributed by atoms with van der Waals surface area (Å²) in [4.78, 5) is 12.9. The first-order chi connectivity index (χ1) is 8.11. The second kappa shape index (κ2) is 4.85. The molecule has 0 unspecified atom stereocenters. The number of nitrogens with zero attached hydrogens (tertiary/aromatic N) is 4. The summed E-state index contributed by atoms with van der Waals surface area (Å²) in [6.45, 7) is 3.82. The summed E-state index contributed by atoms with van der Waals surface area (Å²) in [6, 6.07) is 0. The van der Waals surface area contributed by atoms with Gasteiger partial charge in [-0.25, -0.2) is 9.97 Å². The molecule has 0 aliphatic rings. The Kier molecular flexibility index (Phi) is 3.44. The number of aromatic nitrogens is 4. The summed E-state index contributed by atoms with van der Waals surface area (Å²) in [5.74, 6) is 0. The molecule has 0 aliphatic carbocycles. The molecule has 0 saturated carbocycles. The molecule has 2 heterocycles. The lowest BCUT2D eigenvalue weighted by molar-refractivity contribution is 0.271. The largest absolute Gasteiger partial charge is 0.390 e. The molecule has 0 saturated heterocycles. The molecule has 0 aromatic carbocycles. The number of imidazole rings is 1. The molecule has 0 atom stereocenters. The van der Waals surface area contributed by atoms with Crippen molar-refractivity contribution < 1.29 is 5.11 Å². The Bertz CT molecular complexity index is 538. The van der Waals surface area contributed by atoms with E-state index >= 15 is 0 Å². The highest BCUT2D eigenvalue weighted by atomic mass is 32.2. The van der Waals surface area contributed by atoms with Gasteiger partial charge in [0.1, 0.15) is 5.03 Å². The van der Waals surface area contributed by atoms with Crippen molar-refractivity contribution in [3.8, 4) is 0 Å². The Morgan fingerprint density at radius 1 is 1.29 bits per heavy atom. The van der Waals surface area contributed by atoms with E-state index < -0.39 is 0 Å². The lowest BCUT2D eigenvalue weighted by Crippen LogP contribution is -1.99. The molecule has 0 bridgehead atoms. The summed E-state index contributed by atoms with van der Waals surface area (Å²) < 4.78 is 1.86. The Morgan fingerprint density at radius 3 is 2.71 bits per heavy atom. The second-order valence-electron chi connectivity index (χ2n) is 3.75. The molecule has 6 heteroatoms. The molecule has 2 aromatic rings. The van der Waals surface area contributed by atoms with Gasteiger partial charge in [-0.3, -0.25) is 4.98 Å². The van der Waals surface area contributed by atoms with E-state index in [0.29, 0.717) is 0 Å². The minimum atomic E-state index is -0.0114. The summed E-state index contributed by atoms with van der Waals surface area (Å²) in [5.41, 5.74) is 2.55. The molecule has 17 heavy (non-hydrogen) atoms. The van der Waals surface area contributed by atoms with Crippen LogP contribution >= 0.6 is 11.8 Å². The zero-order valence-electron chi connectivity index (χ0n) is 10.0. The van der Waals surface area contributed by atoms with Gasteiger partial charge >= 0.3 is 0 Å². The van der Waals surface area contributed by atoms with Gasteiger partial charge in [-0.05, 0) is 25.6 Å². The highest BCUT2D eigenvalue weighted by Gasteiger charge is 2.10. The summed E-state index contributed by atoms with van der Waals surface area (Å²) >= 11 is 1.46. The molecule has 2 rings (SSSR count). The van der Waals surface area contributed by atoms with Crippen LogP contribution in [0.4, 0.5) is 0 Å².